The van der Waals surface area contributed by atoms with E-state index in [0.29, 0.717) is 24.7 Å². The van der Waals surface area contributed by atoms with E-state index in [9.17, 15) is 4.79 Å². The normalized spacial score (nSPS) is 17.5. The lowest BCUT2D eigenvalue weighted by molar-refractivity contribution is -0.116. The Kier molecular flexibility index (Phi) is 4.16. The molecule has 2 aromatic rings. The van der Waals surface area contributed by atoms with Gasteiger partial charge >= 0.3 is 0 Å². The Morgan fingerprint density at radius 2 is 1.84 bits per heavy atom. The van der Waals surface area contributed by atoms with Crippen LogP contribution in [0.1, 0.15) is 5.56 Å². The molecule has 2 aromatic carbocycles. The molecule has 0 saturated heterocycles. The third-order valence-corrected chi connectivity index (χ3v) is 3.90. The lowest BCUT2D eigenvalue weighted by Crippen LogP contribution is -2.40. The lowest BCUT2D eigenvalue weighted by Gasteiger charge is -2.26. The molecule has 2 aliphatic heterocycles. The van der Waals surface area contributed by atoms with Crippen molar-refractivity contribution in [1.82, 2.24) is 5.32 Å². The second-order valence-electron chi connectivity index (χ2n) is 5.69. The molecule has 0 spiro atoms. The molecule has 0 aromatic heterocycles. The number of para-hydroxylation sites is 2. The van der Waals surface area contributed by atoms with Crippen molar-refractivity contribution in [2.45, 2.75) is 6.10 Å². The van der Waals surface area contributed by atoms with Crippen molar-refractivity contribution in [2.24, 2.45) is 0 Å². The highest BCUT2D eigenvalue weighted by molar-refractivity contribution is 5.91. The maximum Gasteiger partial charge on any atom is 0.244 e. The molecule has 0 unspecified atom stereocenters. The molecule has 0 bridgehead atoms. The van der Waals surface area contributed by atoms with Gasteiger partial charge in [0.15, 0.2) is 23.0 Å². The van der Waals surface area contributed by atoms with Gasteiger partial charge in [-0.15, -0.1) is 0 Å². The second-order valence-corrected chi connectivity index (χ2v) is 5.69. The van der Waals surface area contributed by atoms with Crippen LogP contribution in [0.4, 0.5) is 0 Å². The Labute approximate surface area is 145 Å². The smallest absolute Gasteiger partial charge is 0.244 e. The number of carbonyl (C=O) groups excluding carboxylic acids is 1. The zero-order valence-electron chi connectivity index (χ0n) is 13.4. The number of fused-ring (bicyclic) bond motifs is 2. The van der Waals surface area contributed by atoms with Crippen molar-refractivity contribution < 1.29 is 23.7 Å². The minimum absolute atomic E-state index is 0.194. The molecular formula is C19H17NO5. The summed E-state index contributed by atoms with van der Waals surface area (Å²) in [6.45, 7) is 1.01. The molecule has 25 heavy (non-hydrogen) atoms. The summed E-state index contributed by atoms with van der Waals surface area (Å²) in [7, 11) is 0. The standard InChI is InChI=1S/C19H17NO5/c21-19(8-6-13-5-7-16-18(9-13)24-12-23-16)20-10-14-11-22-15-3-1-2-4-17(15)25-14/h1-9,14H,10-12H2,(H,20,21)/b8-6+/t14-/m1/s1. The summed E-state index contributed by atoms with van der Waals surface area (Å²) < 4.78 is 22.0. The molecule has 1 atom stereocenters. The molecule has 2 aliphatic rings. The molecule has 128 valence electrons. The van der Waals surface area contributed by atoms with E-state index in [-0.39, 0.29) is 18.8 Å². The van der Waals surface area contributed by atoms with Gasteiger partial charge in [0.05, 0.1) is 6.54 Å². The lowest BCUT2D eigenvalue weighted by atomic mass is 10.2. The molecule has 2 heterocycles. The third-order valence-electron chi connectivity index (χ3n) is 3.90. The monoisotopic (exact) mass is 339 g/mol. The van der Waals surface area contributed by atoms with Gasteiger partial charge in [-0.25, -0.2) is 0 Å². The number of hydrogen-bond acceptors (Lipinski definition) is 5. The van der Waals surface area contributed by atoms with Crippen LogP contribution in [0.5, 0.6) is 23.0 Å². The maximum absolute atomic E-state index is 12.0. The Morgan fingerprint density at radius 1 is 1.04 bits per heavy atom. The molecular weight excluding hydrogens is 322 g/mol. The van der Waals surface area contributed by atoms with Gasteiger partial charge in [-0.2, -0.15) is 0 Å². The van der Waals surface area contributed by atoms with E-state index in [1.165, 1.54) is 6.08 Å². The van der Waals surface area contributed by atoms with Gasteiger partial charge in [-0.05, 0) is 35.9 Å². The summed E-state index contributed by atoms with van der Waals surface area (Å²) in [6.07, 6.45) is 3.00. The number of rotatable bonds is 4. The van der Waals surface area contributed by atoms with E-state index in [2.05, 4.69) is 5.32 Å². The van der Waals surface area contributed by atoms with Crippen LogP contribution in [0.2, 0.25) is 0 Å². The first-order valence-electron chi connectivity index (χ1n) is 8.02. The first-order valence-corrected chi connectivity index (χ1v) is 8.02. The first-order chi connectivity index (χ1) is 12.3. The van der Waals surface area contributed by atoms with E-state index in [1.54, 1.807) is 6.08 Å². The van der Waals surface area contributed by atoms with Gasteiger partial charge in [-0.3, -0.25) is 4.79 Å². The summed E-state index contributed by atoms with van der Waals surface area (Å²) in [4.78, 5) is 12.0. The van der Waals surface area contributed by atoms with Crippen LogP contribution in [0.3, 0.4) is 0 Å². The van der Waals surface area contributed by atoms with E-state index >= 15 is 0 Å². The fraction of sp³-hybridized carbons (Fsp3) is 0.211. The minimum atomic E-state index is -0.210. The molecule has 4 rings (SSSR count). The van der Waals surface area contributed by atoms with Crippen molar-refractivity contribution in [2.75, 3.05) is 19.9 Å². The average molecular weight is 339 g/mol. The fourth-order valence-corrected chi connectivity index (χ4v) is 2.63. The molecule has 1 N–H and O–H groups in total. The quantitative estimate of drug-likeness (QED) is 0.867. The van der Waals surface area contributed by atoms with Crippen molar-refractivity contribution in [3.8, 4) is 23.0 Å². The van der Waals surface area contributed by atoms with Gasteiger partial charge in [-0.1, -0.05) is 18.2 Å². The molecule has 6 heteroatoms. The molecule has 6 nitrogen and oxygen atoms in total. The van der Waals surface area contributed by atoms with Gasteiger partial charge in [0, 0.05) is 6.08 Å². The predicted molar refractivity (Wildman–Crippen MR) is 91.0 cm³/mol. The van der Waals surface area contributed by atoms with Crippen molar-refractivity contribution in [3.63, 3.8) is 0 Å². The number of carbonyl (C=O) groups is 1. The van der Waals surface area contributed by atoms with Crippen molar-refractivity contribution in [3.05, 3.63) is 54.1 Å². The number of benzene rings is 2. The minimum Gasteiger partial charge on any atom is -0.486 e. The number of hydrogen-bond donors (Lipinski definition) is 1. The largest absolute Gasteiger partial charge is 0.486 e. The highest BCUT2D eigenvalue weighted by Crippen LogP contribution is 2.33. The zero-order valence-corrected chi connectivity index (χ0v) is 13.4. The van der Waals surface area contributed by atoms with Crippen LogP contribution < -0.4 is 24.3 Å². The summed E-state index contributed by atoms with van der Waals surface area (Å²) in [5.41, 5.74) is 0.866. The fourth-order valence-electron chi connectivity index (χ4n) is 2.63. The van der Waals surface area contributed by atoms with E-state index in [1.807, 2.05) is 42.5 Å². The molecule has 0 radical (unpaired) electrons. The van der Waals surface area contributed by atoms with E-state index < -0.39 is 0 Å². The van der Waals surface area contributed by atoms with E-state index in [4.69, 9.17) is 18.9 Å². The number of nitrogens with one attached hydrogen (secondary N) is 1. The Morgan fingerprint density at radius 3 is 2.76 bits per heavy atom. The number of amides is 1. The van der Waals surface area contributed by atoms with Gasteiger partial charge in [0.25, 0.3) is 0 Å². The maximum atomic E-state index is 12.0. The van der Waals surface area contributed by atoms with Crippen molar-refractivity contribution >= 4 is 12.0 Å². The van der Waals surface area contributed by atoms with Crippen LogP contribution in [0.25, 0.3) is 6.08 Å². The summed E-state index contributed by atoms with van der Waals surface area (Å²) in [6, 6.07) is 13.0. The highest BCUT2D eigenvalue weighted by atomic mass is 16.7. The van der Waals surface area contributed by atoms with Crippen LogP contribution in [0, 0.1) is 0 Å². The summed E-state index contributed by atoms with van der Waals surface area (Å²) in [5.74, 6) is 2.64. The van der Waals surface area contributed by atoms with Crippen LogP contribution in [0.15, 0.2) is 48.5 Å². The van der Waals surface area contributed by atoms with Crippen LogP contribution >= 0.6 is 0 Å². The van der Waals surface area contributed by atoms with E-state index in [0.717, 1.165) is 17.1 Å². The van der Waals surface area contributed by atoms with Gasteiger partial charge in [0.1, 0.15) is 12.7 Å². The van der Waals surface area contributed by atoms with Gasteiger partial charge < -0.3 is 24.3 Å². The summed E-state index contributed by atoms with van der Waals surface area (Å²) in [5, 5.41) is 2.82. The van der Waals surface area contributed by atoms with Crippen LogP contribution in [-0.4, -0.2) is 32.0 Å². The van der Waals surface area contributed by atoms with Gasteiger partial charge in [0.2, 0.25) is 12.7 Å². The topological polar surface area (TPSA) is 66.0 Å². The highest BCUT2D eigenvalue weighted by Gasteiger charge is 2.20. The first kappa shape index (κ1) is 15.4. The molecule has 0 aliphatic carbocycles. The number of ether oxygens (including phenoxy) is 4. The molecule has 0 fully saturated rings. The second kappa shape index (κ2) is 6.76. The summed E-state index contributed by atoms with van der Waals surface area (Å²) >= 11 is 0. The SMILES string of the molecule is O=C(/C=C/c1ccc2c(c1)OCO2)NC[C@@H]1COc2ccccc2O1. The zero-order chi connectivity index (χ0) is 17.1. The predicted octanol–water partition coefficient (Wildman–Crippen LogP) is 2.38. The van der Waals surface area contributed by atoms with Crippen molar-refractivity contribution in [1.29, 1.82) is 0 Å². The average Bonchev–Trinajstić information content (AvgIpc) is 3.12. The Balaban J connectivity index is 1.29. The molecule has 1 amide bonds. The molecule has 0 saturated carbocycles. The van der Waals surface area contributed by atoms with Crippen LogP contribution in [-0.2, 0) is 4.79 Å². The Hall–Kier alpha value is -3.15. The third kappa shape index (κ3) is 3.52. The Bertz CT molecular complexity index is 817.